The fourth-order valence-corrected chi connectivity index (χ4v) is 5.64. The van der Waals surface area contributed by atoms with Crippen LogP contribution in [0.25, 0.3) is 0 Å². The maximum absolute atomic E-state index is 14.9. The quantitative estimate of drug-likeness (QED) is 0.382. The lowest BCUT2D eigenvalue weighted by Crippen LogP contribution is -2.52. The fraction of sp³-hybridized carbons (Fsp3) is 0.455. The molecule has 0 saturated heterocycles. The lowest BCUT2D eigenvalue weighted by Gasteiger charge is -2.34. The molecule has 0 aliphatic heterocycles. The predicted octanol–water partition coefficient (Wildman–Crippen LogP) is 3.47. The largest absolute Gasteiger partial charge is 0.497 e. The molecule has 0 saturated carbocycles. The van der Waals surface area contributed by atoms with E-state index in [1.54, 1.807) is 45.0 Å². The third-order valence-electron chi connectivity index (χ3n) is 5.14. The van der Waals surface area contributed by atoms with Gasteiger partial charge in [0.05, 0.1) is 39.1 Å². The molecular formula is C22H30FN3O6S2. The van der Waals surface area contributed by atoms with Gasteiger partial charge in [-0.2, -0.15) is 0 Å². The van der Waals surface area contributed by atoms with Crippen LogP contribution >= 0.6 is 0 Å². The highest BCUT2D eigenvalue weighted by Crippen LogP contribution is 2.31. The van der Waals surface area contributed by atoms with Crippen LogP contribution in [0.15, 0.2) is 42.5 Å². The molecule has 2 aromatic rings. The summed E-state index contributed by atoms with van der Waals surface area (Å²) in [7, 11) is -2.96. The van der Waals surface area contributed by atoms with Crippen LogP contribution < -0.4 is 9.46 Å². The molecule has 0 radical (unpaired) electrons. The number of halogens is 1. The Kier molecular flexibility index (Phi) is 8.57. The Morgan fingerprint density at radius 2 is 1.74 bits per heavy atom. The molecule has 2 aromatic carbocycles. The fourth-order valence-electron chi connectivity index (χ4n) is 3.13. The smallest absolute Gasteiger partial charge is 0.269 e. The first-order valence-corrected chi connectivity index (χ1v) is 13.1. The van der Waals surface area contributed by atoms with E-state index >= 15 is 0 Å². The SMILES string of the molecule is COc1ccc(CN(C)S(=O)(=O)C[C@](C)(NS(=O)C(C)(C)C)c2cc([N+](=O)[O-])ccc2F)cc1. The summed E-state index contributed by atoms with van der Waals surface area (Å²) in [6, 6.07) is 9.71. The van der Waals surface area contributed by atoms with Crippen molar-refractivity contribution in [3.8, 4) is 5.75 Å². The molecule has 1 N–H and O–H groups in total. The predicted molar refractivity (Wildman–Crippen MR) is 130 cm³/mol. The Hall–Kier alpha value is -2.41. The minimum absolute atomic E-state index is 0.0299. The molecular weight excluding hydrogens is 485 g/mol. The average Bonchev–Trinajstić information content (AvgIpc) is 2.73. The summed E-state index contributed by atoms with van der Waals surface area (Å²) < 4.78 is 62.6. The number of nitro benzene ring substituents is 1. The highest BCUT2D eigenvalue weighted by molar-refractivity contribution is 7.89. The van der Waals surface area contributed by atoms with Gasteiger partial charge in [0.2, 0.25) is 10.0 Å². The number of non-ortho nitro benzene ring substituents is 1. The summed E-state index contributed by atoms with van der Waals surface area (Å²) in [6.07, 6.45) is 0. The van der Waals surface area contributed by atoms with Gasteiger partial charge in [-0.1, -0.05) is 12.1 Å². The van der Waals surface area contributed by atoms with Crippen molar-refractivity contribution in [3.05, 3.63) is 69.5 Å². The van der Waals surface area contributed by atoms with Crippen LogP contribution in [0.5, 0.6) is 5.75 Å². The van der Waals surface area contributed by atoms with Crippen LogP contribution in [0.3, 0.4) is 0 Å². The molecule has 2 atom stereocenters. The zero-order valence-electron chi connectivity index (χ0n) is 20.0. The molecule has 0 aromatic heterocycles. The van der Waals surface area contributed by atoms with Gasteiger partial charge in [-0.15, -0.1) is 0 Å². The van der Waals surface area contributed by atoms with E-state index in [0.29, 0.717) is 11.3 Å². The number of hydrogen-bond donors (Lipinski definition) is 1. The van der Waals surface area contributed by atoms with Gasteiger partial charge in [-0.05, 0) is 51.5 Å². The average molecular weight is 516 g/mol. The lowest BCUT2D eigenvalue weighted by atomic mass is 9.94. The van der Waals surface area contributed by atoms with Crippen LogP contribution in [0.1, 0.15) is 38.8 Å². The number of rotatable bonds is 10. The Bertz CT molecular complexity index is 1170. The molecule has 12 heteroatoms. The zero-order chi connectivity index (χ0) is 25.9. The molecule has 9 nitrogen and oxygen atoms in total. The summed E-state index contributed by atoms with van der Waals surface area (Å²) in [5.41, 5.74) is -1.71. The third kappa shape index (κ3) is 6.81. The number of nitrogens with one attached hydrogen (secondary N) is 1. The Labute approximate surface area is 202 Å². The van der Waals surface area contributed by atoms with E-state index in [-0.39, 0.29) is 12.1 Å². The summed E-state index contributed by atoms with van der Waals surface area (Å²) in [4.78, 5) is 10.6. The first-order valence-electron chi connectivity index (χ1n) is 10.3. The van der Waals surface area contributed by atoms with Crippen LogP contribution in [0.4, 0.5) is 10.1 Å². The second-order valence-electron chi connectivity index (χ2n) is 9.10. The molecule has 0 heterocycles. The number of ether oxygens (including phenoxy) is 1. The zero-order valence-corrected chi connectivity index (χ0v) is 21.6. The van der Waals surface area contributed by atoms with Crippen molar-refractivity contribution in [1.29, 1.82) is 0 Å². The van der Waals surface area contributed by atoms with Gasteiger partial charge >= 0.3 is 0 Å². The van der Waals surface area contributed by atoms with Crippen molar-refractivity contribution in [1.82, 2.24) is 9.03 Å². The Morgan fingerprint density at radius 1 is 1.15 bits per heavy atom. The summed E-state index contributed by atoms with van der Waals surface area (Å²) in [5.74, 6) is -0.914. The summed E-state index contributed by atoms with van der Waals surface area (Å²) in [6.45, 7) is 6.42. The van der Waals surface area contributed by atoms with Crippen molar-refractivity contribution >= 4 is 26.7 Å². The van der Waals surface area contributed by atoms with E-state index in [1.807, 2.05) is 0 Å². The highest BCUT2D eigenvalue weighted by atomic mass is 32.2. The van der Waals surface area contributed by atoms with Crippen LogP contribution in [0, 0.1) is 15.9 Å². The van der Waals surface area contributed by atoms with Gasteiger partial charge in [0, 0.05) is 31.3 Å². The van der Waals surface area contributed by atoms with Gasteiger partial charge in [0.25, 0.3) is 5.69 Å². The van der Waals surface area contributed by atoms with Gasteiger partial charge in [0.15, 0.2) is 0 Å². The van der Waals surface area contributed by atoms with Crippen LogP contribution in [-0.2, 0) is 33.1 Å². The Morgan fingerprint density at radius 3 is 2.24 bits per heavy atom. The van der Waals surface area contributed by atoms with Crippen molar-refractivity contribution in [2.45, 2.75) is 44.5 Å². The molecule has 0 amide bonds. The van der Waals surface area contributed by atoms with E-state index in [2.05, 4.69) is 4.72 Å². The maximum Gasteiger partial charge on any atom is 0.269 e. The monoisotopic (exact) mass is 515 g/mol. The second kappa shape index (κ2) is 10.5. The van der Waals surface area contributed by atoms with E-state index in [4.69, 9.17) is 4.74 Å². The van der Waals surface area contributed by atoms with Crippen molar-refractivity contribution in [3.63, 3.8) is 0 Å². The number of methoxy groups -OCH3 is 1. The highest BCUT2D eigenvalue weighted by Gasteiger charge is 2.40. The maximum atomic E-state index is 14.9. The minimum atomic E-state index is -4.05. The normalized spacial score (nSPS) is 15.1. The number of sulfonamides is 1. The molecule has 0 bridgehead atoms. The van der Waals surface area contributed by atoms with E-state index in [9.17, 15) is 27.1 Å². The van der Waals surface area contributed by atoms with Crippen LogP contribution in [0.2, 0.25) is 0 Å². The number of nitro groups is 1. The molecule has 188 valence electrons. The van der Waals surface area contributed by atoms with Gasteiger partial charge in [0.1, 0.15) is 11.6 Å². The molecule has 2 rings (SSSR count). The van der Waals surface area contributed by atoms with E-state index in [1.165, 1.54) is 21.1 Å². The van der Waals surface area contributed by atoms with E-state index in [0.717, 1.165) is 22.5 Å². The first kappa shape index (κ1) is 27.8. The molecule has 0 aliphatic carbocycles. The van der Waals surface area contributed by atoms with Gasteiger partial charge in [-0.25, -0.2) is 26.0 Å². The van der Waals surface area contributed by atoms with Crippen molar-refractivity contribution in [2.75, 3.05) is 19.9 Å². The molecule has 0 spiro atoms. The molecule has 0 aliphatic rings. The van der Waals surface area contributed by atoms with Crippen molar-refractivity contribution < 1.29 is 26.7 Å². The Balaban J connectivity index is 2.47. The third-order valence-corrected chi connectivity index (χ3v) is 8.91. The number of nitrogens with zero attached hydrogens (tertiary/aromatic N) is 2. The lowest BCUT2D eigenvalue weighted by molar-refractivity contribution is -0.385. The minimum Gasteiger partial charge on any atom is -0.497 e. The standard InChI is InChI=1S/C22H30FN3O6S2/c1-21(2,3)33(29)24-22(4,19-13-17(26(27)28)9-12-20(19)23)15-34(30,31)25(5)14-16-7-10-18(32-6)11-8-16/h7-13,24H,14-15H2,1-6H3/t22-,33?/m0/s1. The summed E-state index contributed by atoms with van der Waals surface area (Å²) in [5, 5.41) is 11.3. The molecule has 1 unspecified atom stereocenters. The molecule has 0 fully saturated rings. The van der Waals surface area contributed by atoms with Crippen molar-refractivity contribution in [2.24, 2.45) is 0 Å². The second-order valence-corrected chi connectivity index (χ2v) is 13.1. The van der Waals surface area contributed by atoms with Gasteiger partial charge < -0.3 is 4.74 Å². The van der Waals surface area contributed by atoms with E-state index < -0.39 is 53.5 Å². The van der Waals surface area contributed by atoms with Gasteiger partial charge in [-0.3, -0.25) is 10.1 Å². The van der Waals surface area contributed by atoms with Crippen LogP contribution in [-0.4, -0.2) is 46.5 Å². The summed E-state index contributed by atoms with van der Waals surface area (Å²) >= 11 is 0. The first-order chi connectivity index (χ1) is 15.6. The number of benzene rings is 2. The topological polar surface area (TPSA) is 119 Å². The molecule has 34 heavy (non-hydrogen) atoms. The number of hydrogen-bond acceptors (Lipinski definition) is 6.